The van der Waals surface area contributed by atoms with E-state index in [0.29, 0.717) is 17.6 Å². The molecule has 0 atom stereocenters. The molecule has 1 aliphatic heterocycles. The van der Waals surface area contributed by atoms with E-state index in [4.69, 9.17) is 4.74 Å². The first kappa shape index (κ1) is 17.1. The molecule has 0 spiro atoms. The van der Waals surface area contributed by atoms with Crippen LogP contribution >= 0.6 is 0 Å². The molecule has 1 aromatic heterocycles. The standard InChI is InChI=1S/C19H13F3N2O3/c20-19(21,22)15-4-2-1-3-13(15)16-9-11-5-6-12(10-14(11)17(25)23-16)24-7-8-27-18(24)26/h1-6,9-10H,7-8H2,(H,23,25). The van der Waals surface area contributed by atoms with Crippen LogP contribution in [-0.4, -0.2) is 24.2 Å². The summed E-state index contributed by atoms with van der Waals surface area (Å²) < 4.78 is 44.7. The van der Waals surface area contributed by atoms with Gasteiger partial charge in [0.15, 0.2) is 0 Å². The minimum absolute atomic E-state index is 0.0776. The number of carbonyl (C=O) groups is 1. The van der Waals surface area contributed by atoms with Gasteiger partial charge in [0.25, 0.3) is 5.56 Å². The fraction of sp³-hybridized carbons (Fsp3) is 0.158. The highest BCUT2D eigenvalue weighted by molar-refractivity contribution is 5.94. The number of aromatic nitrogens is 1. The van der Waals surface area contributed by atoms with E-state index >= 15 is 0 Å². The fourth-order valence-corrected chi connectivity index (χ4v) is 3.15. The number of amides is 1. The van der Waals surface area contributed by atoms with Crippen LogP contribution < -0.4 is 10.5 Å². The van der Waals surface area contributed by atoms with Crippen molar-refractivity contribution in [1.82, 2.24) is 4.98 Å². The molecule has 4 rings (SSSR count). The van der Waals surface area contributed by atoms with Gasteiger partial charge in [0.05, 0.1) is 12.1 Å². The number of anilines is 1. The Bertz CT molecular complexity index is 1110. The maximum Gasteiger partial charge on any atom is 0.417 e. The normalized spacial score (nSPS) is 14.6. The van der Waals surface area contributed by atoms with Gasteiger partial charge in [-0.3, -0.25) is 9.69 Å². The van der Waals surface area contributed by atoms with E-state index < -0.39 is 23.4 Å². The van der Waals surface area contributed by atoms with Crippen LogP contribution in [0.1, 0.15) is 5.56 Å². The summed E-state index contributed by atoms with van der Waals surface area (Å²) in [6, 6.07) is 11.3. The second-order valence-electron chi connectivity index (χ2n) is 6.09. The number of pyridine rings is 1. The second-order valence-corrected chi connectivity index (χ2v) is 6.09. The zero-order valence-corrected chi connectivity index (χ0v) is 13.8. The van der Waals surface area contributed by atoms with Gasteiger partial charge in [0, 0.05) is 22.3 Å². The van der Waals surface area contributed by atoms with Crippen molar-refractivity contribution in [1.29, 1.82) is 0 Å². The number of H-pyrrole nitrogens is 1. The topological polar surface area (TPSA) is 62.4 Å². The summed E-state index contributed by atoms with van der Waals surface area (Å²) in [5, 5.41) is 0.752. The summed E-state index contributed by atoms with van der Waals surface area (Å²) >= 11 is 0. The molecular weight excluding hydrogens is 361 g/mol. The fourth-order valence-electron chi connectivity index (χ4n) is 3.15. The van der Waals surface area contributed by atoms with Crippen LogP contribution in [0.5, 0.6) is 0 Å². The zero-order valence-electron chi connectivity index (χ0n) is 13.8. The van der Waals surface area contributed by atoms with Gasteiger partial charge in [-0.25, -0.2) is 4.79 Å². The van der Waals surface area contributed by atoms with Gasteiger partial charge in [0.1, 0.15) is 6.61 Å². The number of ether oxygens (including phenoxy) is 1. The molecule has 2 aromatic carbocycles. The number of nitrogens with zero attached hydrogens (tertiary/aromatic N) is 1. The van der Waals surface area contributed by atoms with Crippen molar-refractivity contribution in [3.8, 4) is 11.3 Å². The van der Waals surface area contributed by atoms with Crippen LogP contribution in [0.3, 0.4) is 0 Å². The summed E-state index contributed by atoms with van der Waals surface area (Å²) in [5.74, 6) is 0. The van der Waals surface area contributed by atoms with E-state index in [2.05, 4.69) is 4.98 Å². The summed E-state index contributed by atoms with van der Waals surface area (Å²) in [6.07, 6.45) is -5.04. The highest BCUT2D eigenvalue weighted by atomic mass is 19.4. The smallest absolute Gasteiger partial charge is 0.417 e. The van der Waals surface area contributed by atoms with E-state index in [-0.39, 0.29) is 23.3 Å². The Morgan fingerprint density at radius 3 is 2.52 bits per heavy atom. The second kappa shape index (κ2) is 6.15. The first-order valence-corrected chi connectivity index (χ1v) is 8.12. The predicted molar refractivity (Wildman–Crippen MR) is 93.7 cm³/mol. The zero-order chi connectivity index (χ0) is 19.2. The number of fused-ring (bicyclic) bond motifs is 1. The van der Waals surface area contributed by atoms with Gasteiger partial charge in [-0.15, -0.1) is 0 Å². The van der Waals surface area contributed by atoms with Crippen LogP contribution in [0.2, 0.25) is 0 Å². The van der Waals surface area contributed by atoms with E-state index in [1.165, 1.54) is 35.2 Å². The molecule has 0 aliphatic carbocycles. The molecule has 1 aliphatic rings. The third kappa shape index (κ3) is 3.03. The number of nitrogens with one attached hydrogen (secondary N) is 1. The number of rotatable bonds is 2. The van der Waals surface area contributed by atoms with Gasteiger partial charge in [-0.1, -0.05) is 24.3 Å². The monoisotopic (exact) mass is 374 g/mol. The number of hydrogen-bond donors (Lipinski definition) is 1. The van der Waals surface area contributed by atoms with Crippen molar-refractivity contribution in [2.24, 2.45) is 0 Å². The third-order valence-electron chi connectivity index (χ3n) is 4.42. The molecule has 2 heterocycles. The van der Waals surface area contributed by atoms with Crippen LogP contribution in [0.15, 0.2) is 53.3 Å². The molecule has 3 aromatic rings. The van der Waals surface area contributed by atoms with Crippen molar-refractivity contribution in [3.05, 3.63) is 64.4 Å². The largest absolute Gasteiger partial charge is 0.447 e. The Labute approximate surface area is 151 Å². The molecule has 1 fully saturated rings. The quantitative estimate of drug-likeness (QED) is 0.732. The van der Waals surface area contributed by atoms with E-state index in [9.17, 15) is 22.8 Å². The number of aromatic amines is 1. The van der Waals surface area contributed by atoms with Gasteiger partial charge in [-0.2, -0.15) is 13.2 Å². The highest BCUT2D eigenvalue weighted by Gasteiger charge is 2.33. The molecule has 27 heavy (non-hydrogen) atoms. The van der Waals surface area contributed by atoms with Crippen LogP contribution in [0.4, 0.5) is 23.7 Å². The van der Waals surface area contributed by atoms with Crippen molar-refractivity contribution >= 4 is 22.6 Å². The van der Waals surface area contributed by atoms with Crippen molar-refractivity contribution in [2.45, 2.75) is 6.18 Å². The highest BCUT2D eigenvalue weighted by Crippen LogP contribution is 2.36. The summed E-state index contributed by atoms with van der Waals surface area (Å²) in [7, 11) is 0. The molecule has 0 saturated carbocycles. The number of carbonyl (C=O) groups excluding carboxylic acids is 1. The summed E-state index contributed by atoms with van der Waals surface area (Å²) in [4.78, 5) is 28.1. The van der Waals surface area contributed by atoms with E-state index in [1.807, 2.05) is 0 Å². The van der Waals surface area contributed by atoms with Crippen LogP contribution in [-0.2, 0) is 10.9 Å². The lowest BCUT2D eigenvalue weighted by Crippen LogP contribution is -2.23. The van der Waals surface area contributed by atoms with Gasteiger partial charge >= 0.3 is 12.3 Å². The lowest BCUT2D eigenvalue weighted by Gasteiger charge is -2.15. The Kier molecular flexibility index (Phi) is 3.91. The van der Waals surface area contributed by atoms with Crippen molar-refractivity contribution in [2.75, 3.05) is 18.1 Å². The number of halogens is 3. The molecular formula is C19H13F3N2O3. The van der Waals surface area contributed by atoms with Crippen LogP contribution in [0.25, 0.3) is 22.0 Å². The summed E-state index contributed by atoms with van der Waals surface area (Å²) in [5.41, 5.74) is -0.880. The van der Waals surface area contributed by atoms with Gasteiger partial charge < -0.3 is 9.72 Å². The van der Waals surface area contributed by atoms with Gasteiger partial charge in [-0.05, 0) is 29.7 Å². The Balaban J connectivity index is 1.85. The average Bonchev–Trinajstić information content (AvgIpc) is 3.07. The minimum atomic E-state index is -4.54. The van der Waals surface area contributed by atoms with E-state index in [0.717, 1.165) is 6.07 Å². The lowest BCUT2D eigenvalue weighted by molar-refractivity contribution is -0.137. The molecule has 138 valence electrons. The Morgan fingerprint density at radius 1 is 1.04 bits per heavy atom. The SMILES string of the molecule is O=C1OCCN1c1ccc2cc(-c3ccccc3C(F)(F)F)[nH]c(=O)c2c1. The molecule has 0 unspecified atom stereocenters. The Morgan fingerprint density at radius 2 is 1.81 bits per heavy atom. The maximum atomic E-state index is 13.3. The molecule has 0 bridgehead atoms. The number of hydrogen-bond acceptors (Lipinski definition) is 3. The van der Waals surface area contributed by atoms with Crippen LogP contribution in [0, 0.1) is 0 Å². The van der Waals surface area contributed by atoms with Gasteiger partial charge in [0.2, 0.25) is 0 Å². The van der Waals surface area contributed by atoms with Crippen molar-refractivity contribution in [3.63, 3.8) is 0 Å². The number of benzene rings is 2. The van der Waals surface area contributed by atoms with Crippen molar-refractivity contribution < 1.29 is 22.7 Å². The first-order valence-electron chi connectivity index (χ1n) is 8.12. The molecule has 0 radical (unpaired) electrons. The third-order valence-corrected chi connectivity index (χ3v) is 4.42. The number of alkyl halides is 3. The average molecular weight is 374 g/mol. The predicted octanol–water partition coefficient (Wildman–Crippen LogP) is 4.17. The number of cyclic esters (lactones) is 1. The molecule has 1 amide bonds. The first-order chi connectivity index (χ1) is 12.8. The molecule has 1 N–H and O–H groups in total. The van der Waals surface area contributed by atoms with E-state index in [1.54, 1.807) is 12.1 Å². The molecule has 8 heteroatoms. The maximum absolute atomic E-state index is 13.3. The molecule has 5 nitrogen and oxygen atoms in total. The lowest BCUT2D eigenvalue weighted by atomic mass is 10.0. The summed E-state index contributed by atoms with van der Waals surface area (Å²) in [6.45, 7) is 0.639. The molecule has 1 saturated heterocycles. The Hall–Kier alpha value is -3.29. The minimum Gasteiger partial charge on any atom is -0.447 e.